The predicted molar refractivity (Wildman–Crippen MR) is 83.2 cm³/mol. The van der Waals surface area contributed by atoms with Gasteiger partial charge in [-0.15, -0.1) is 10.8 Å². The Labute approximate surface area is 137 Å². The number of rotatable bonds is 2. The average molecular weight is 363 g/mol. The van der Waals surface area contributed by atoms with Gasteiger partial charge in [-0.1, -0.05) is 0 Å². The Bertz CT molecular complexity index is 743. The number of aliphatic imine (C=N–C) groups is 1. The first kappa shape index (κ1) is 18.1. The van der Waals surface area contributed by atoms with E-state index in [1.54, 1.807) is 0 Å². The Morgan fingerprint density at radius 1 is 1.46 bits per heavy atom. The van der Waals surface area contributed by atoms with Crippen LogP contribution in [0.1, 0.15) is 22.8 Å². The maximum Gasteiger partial charge on any atom is 0.411 e. The molecule has 0 fully saturated rings. The molecule has 24 heavy (non-hydrogen) atoms. The van der Waals surface area contributed by atoms with Crippen LogP contribution in [-0.2, 0) is 5.54 Å². The zero-order chi connectivity index (χ0) is 18.3. The highest BCUT2D eigenvalue weighted by molar-refractivity contribution is 8.22. The van der Waals surface area contributed by atoms with Gasteiger partial charge in [-0.05, 0) is 19.1 Å². The highest BCUT2D eigenvalue weighted by Crippen LogP contribution is 2.52. The summed E-state index contributed by atoms with van der Waals surface area (Å²) < 4.78 is 49.1. The van der Waals surface area contributed by atoms with Crippen LogP contribution in [0, 0.1) is 11.6 Å². The molecule has 0 bridgehead atoms. The molecule has 2 rings (SSSR count). The van der Waals surface area contributed by atoms with E-state index in [1.165, 1.54) is 14.0 Å². The Morgan fingerprint density at radius 2 is 2.08 bits per heavy atom. The molecule has 1 aromatic carbocycles. The van der Waals surface area contributed by atoms with Crippen LogP contribution < -0.4 is 5.32 Å². The van der Waals surface area contributed by atoms with Crippen LogP contribution in [0.2, 0.25) is 0 Å². The number of benzene rings is 1. The van der Waals surface area contributed by atoms with Gasteiger partial charge >= 0.3 is 6.09 Å². The molecule has 0 spiro atoms. The van der Waals surface area contributed by atoms with Crippen molar-refractivity contribution in [2.75, 3.05) is 12.8 Å². The smallest absolute Gasteiger partial charge is 0.411 e. The average Bonchev–Trinajstić information content (AvgIpc) is 2.46. The van der Waals surface area contributed by atoms with Gasteiger partial charge in [0, 0.05) is 18.2 Å². The molecule has 0 radical (unpaired) electrons. The maximum absolute atomic E-state index is 14.2. The molecule has 0 saturated heterocycles. The Morgan fingerprint density at radius 3 is 2.62 bits per heavy atom. The number of amides is 1. The third-order valence-electron chi connectivity index (χ3n) is 3.55. The van der Waals surface area contributed by atoms with E-state index >= 15 is 0 Å². The summed E-state index contributed by atoms with van der Waals surface area (Å²) in [5.41, 5.74) is -2.25. The van der Waals surface area contributed by atoms with Crippen LogP contribution in [0.5, 0.6) is 0 Å². The summed E-state index contributed by atoms with van der Waals surface area (Å²) in [6.45, 7) is 1.28. The number of aldehydes is 1. The van der Waals surface area contributed by atoms with Gasteiger partial charge in [0.2, 0.25) is 5.96 Å². The summed E-state index contributed by atoms with van der Waals surface area (Å²) in [5, 5.41) is 10.7. The van der Waals surface area contributed by atoms with E-state index in [0.717, 1.165) is 10.4 Å². The Kier molecular flexibility index (Phi) is 4.52. The van der Waals surface area contributed by atoms with E-state index in [9.17, 15) is 27.5 Å². The first-order chi connectivity index (χ1) is 11.0. The molecule has 1 aliphatic rings. The van der Waals surface area contributed by atoms with Crippen molar-refractivity contribution < 1.29 is 32.6 Å². The summed E-state index contributed by atoms with van der Waals surface area (Å²) >= 11 is 0. The lowest BCUT2D eigenvalue weighted by atomic mass is 9.92. The lowest BCUT2D eigenvalue weighted by molar-refractivity contribution is 0.112. The molecular weight excluding hydrogens is 348 g/mol. The second kappa shape index (κ2) is 6.00. The lowest BCUT2D eigenvalue weighted by Crippen LogP contribution is -2.51. The maximum atomic E-state index is 14.2. The largest absolute Gasteiger partial charge is 0.465 e. The molecule has 4 N–H and O–H groups in total. The van der Waals surface area contributed by atoms with Gasteiger partial charge in [0.25, 0.3) is 0 Å². The molecule has 1 heterocycles. The van der Waals surface area contributed by atoms with Crippen molar-refractivity contribution in [1.82, 2.24) is 9.62 Å². The van der Waals surface area contributed by atoms with E-state index in [0.29, 0.717) is 12.4 Å². The minimum absolute atomic E-state index is 0.163. The third kappa shape index (κ3) is 3.18. The van der Waals surface area contributed by atoms with Crippen molar-refractivity contribution in [3.63, 3.8) is 0 Å². The number of guanidine groups is 1. The minimum Gasteiger partial charge on any atom is -0.465 e. The number of halogens is 2. The van der Waals surface area contributed by atoms with Gasteiger partial charge < -0.3 is 5.11 Å². The quantitative estimate of drug-likeness (QED) is 0.598. The summed E-state index contributed by atoms with van der Waals surface area (Å²) in [6, 6.07) is 1.73. The standard InChI is InChI=1S/C13H15F2N3O5S/c1-13(8-3-7(5-19)4-9(14)10(8)15)6-24(22,23)18(2)11(17-13)16-12(20)21/h3-5,22-23H,6H2,1-2H3,(H,16,17)(H,20,21). The molecule has 132 valence electrons. The highest BCUT2D eigenvalue weighted by atomic mass is 32.3. The van der Waals surface area contributed by atoms with E-state index in [-0.39, 0.29) is 11.1 Å². The molecule has 1 aliphatic heterocycles. The number of nitrogens with zero attached hydrogens (tertiary/aromatic N) is 2. The van der Waals surface area contributed by atoms with Gasteiger partial charge in [0.15, 0.2) is 11.6 Å². The van der Waals surface area contributed by atoms with Crippen molar-refractivity contribution in [2.24, 2.45) is 4.99 Å². The van der Waals surface area contributed by atoms with Crippen LogP contribution in [0.15, 0.2) is 17.1 Å². The third-order valence-corrected chi connectivity index (χ3v) is 5.55. The topological polar surface area (TPSA) is 122 Å². The molecule has 1 unspecified atom stereocenters. The van der Waals surface area contributed by atoms with E-state index in [2.05, 4.69) is 4.99 Å². The highest BCUT2D eigenvalue weighted by Gasteiger charge is 2.43. The van der Waals surface area contributed by atoms with Gasteiger partial charge in [-0.2, -0.15) is 0 Å². The van der Waals surface area contributed by atoms with Gasteiger partial charge in [-0.3, -0.25) is 19.2 Å². The van der Waals surface area contributed by atoms with E-state index in [1.807, 2.05) is 5.32 Å². The monoisotopic (exact) mass is 363 g/mol. The summed E-state index contributed by atoms with van der Waals surface area (Å²) in [6.07, 6.45) is -1.21. The fraction of sp³-hybridized carbons (Fsp3) is 0.308. The Hall–Kier alpha value is -2.24. The van der Waals surface area contributed by atoms with Gasteiger partial charge in [-0.25, -0.2) is 22.9 Å². The number of nitrogens with one attached hydrogen (secondary N) is 1. The normalized spacial score (nSPS) is 24.1. The SMILES string of the molecule is CN1C(NC(=O)O)=NC(C)(c2cc(C=O)cc(F)c2F)CS1(O)O. The van der Waals surface area contributed by atoms with E-state index < -0.39 is 45.8 Å². The van der Waals surface area contributed by atoms with Crippen LogP contribution in [0.3, 0.4) is 0 Å². The summed E-state index contributed by atoms with van der Waals surface area (Å²) in [4.78, 5) is 25.7. The number of carboxylic acid groups (broad SMARTS) is 1. The van der Waals surface area contributed by atoms with Crippen LogP contribution >= 0.6 is 10.8 Å². The molecule has 1 aromatic rings. The first-order valence-corrected chi connectivity index (χ1v) is 8.22. The predicted octanol–water partition coefficient (Wildman–Crippen LogP) is 2.23. The second-order valence-corrected chi connectivity index (χ2v) is 7.50. The molecule has 8 nitrogen and oxygen atoms in total. The minimum atomic E-state index is -3.56. The molecule has 0 aliphatic carbocycles. The fourth-order valence-electron chi connectivity index (χ4n) is 2.36. The molecule has 11 heteroatoms. The Balaban J connectivity index is 2.66. The van der Waals surface area contributed by atoms with Crippen molar-refractivity contribution in [3.05, 3.63) is 34.9 Å². The zero-order valence-corrected chi connectivity index (χ0v) is 13.5. The molecular formula is C13H15F2N3O5S. The molecule has 0 saturated carbocycles. The van der Waals surface area contributed by atoms with Crippen molar-refractivity contribution in [1.29, 1.82) is 0 Å². The van der Waals surface area contributed by atoms with Gasteiger partial charge in [0.1, 0.15) is 11.8 Å². The van der Waals surface area contributed by atoms with Crippen molar-refractivity contribution in [3.8, 4) is 0 Å². The zero-order valence-electron chi connectivity index (χ0n) is 12.7. The number of carbonyl (C=O) groups is 2. The summed E-state index contributed by atoms with van der Waals surface area (Å²) in [5.74, 6) is -3.55. The lowest BCUT2D eigenvalue weighted by Gasteiger charge is -2.49. The number of hydrogen-bond acceptors (Lipinski definition) is 6. The van der Waals surface area contributed by atoms with Crippen molar-refractivity contribution >= 4 is 29.1 Å². The number of hydrogen-bond donors (Lipinski definition) is 4. The first-order valence-electron chi connectivity index (χ1n) is 6.54. The fourth-order valence-corrected chi connectivity index (χ4v) is 3.89. The molecule has 0 aromatic heterocycles. The van der Waals surface area contributed by atoms with Crippen molar-refractivity contribution in [2.45, 2.75) is 12.5 Å². The second-order valence-electron chi connectivity index (χ2n) is 5.40. The van der Waals surface area contributed by atoms with Crippen LogP contribution in [-0.4, -0.2) is 49.7 Å². The van der Waals surface area contributed by atoms with E-state index in [4.69, 9.17) is 5.11 Å². The van der Waals surface area contributed by atoms with Gasteiger partial charge in [0.05, 0.1) is 5.75 Å². The number of carbonyl (C=O) groups excluding carboxylic acids is 1. The molecule has 1 amide bonds. The van der Waals surface area contributed by atoms with Crippen LogP contribution in [0.25, 0.3) is 0 Å². The van der Waals surface area contributed by atoms with Crippen LogP contribution in [0.4, 0.5) is 13.6 Å². The molecule has 1 atom stereocenters. The summed E-state index contributed by atoms with van der Waals surface area (Å²) in [7, 11) is -2.37.